The number of hydrogen-bond donors (Lipinski definition) is 2. The molecule has 19 heavy (non-hydrogen) atoms. The number of anilines is 1. The third kappa shape index (κ3) is 5.10. The summed E-state index contributed by atoms with van der Waals surface area (Å²) >= 11 is 5.07. The molecular formula is C13H21N3O2S. The fourth-order valence-electron chi connectivity index (χ4n) is 1.76. The molecule has 0 radical (unpaired) electrons. The lowest BCUT2D eigenvalue weighted by atomic mass is 10.1. The maximum absolute atomic E-state index is 5.74. The zero-order valence-electron chi connectivity index (χ0n) is 11.7. The second-order valence-electron chi connectivity index (χ2n) is 4.20. The smallest absolute Gasteiger partial charge is 0.136 e. The van der Waals surface area contributed by atoms with E-state index in [9.17, 15) is 0 Å². The molecule has 1 rings (SSSR count). The maximum Gasteiger partial charge on any atom is 0.136 e. The van der Waals surface area contributed by atoms with Gasteiger partial charge in [0.25, 0.3) is 0 Å². The number of hydrogen-bond acceptors (Lipinski definition) is 5. The Labute approximate surface area is 119 Å². The number of aryl methyl sites for hydroxylation is 2. The van der Waals surface area contributed by atoms with E-state index in [4.69, 9.17) is 27.4 Å². The summed E-state index contributed by atoms with van der Waals surface area (Å²) in [6, 6.07) is 1.97. The van der Waals surface area contributed by atoms with Crippen LogP contribution in [0.1, 0.15) is 16.8 Å². The predicted octanol–water partition coefficient (Wildman–Crippen LogP) is 1.41. The largest absolute Gasteiger partial charge is 0.389 e. The molecule has 3 N–H and O–H groups in total. The normalized spacial score (nSPS) is 10.5. The van der Waals surface area contributed by atoms with Gasteiger partial charge in [0.15, 0.2) is 0 Å². The number of rotatable bonds is 8. The molecule has 1 aromatic rings. The maximum atomic E-state index is 5.74. The second kappa shape index (κ2) is 8.04. The number of ether oxygens (including phenoxy) is 2. The zero-order chi connectivity index (χ0) is 14.3. The van der Waals surface area contributed by atoms with Crippen LogP contribution in [-0.2, 0) is 9.47 Å². The number of nitrogens with one attached hydrogen (secondary N) is 1. The van der Waals surface area contributed by atoms with Crippen LogP contribution < -0.4 is 11.1 Å². The molecule has 106 valence electrons. The fraction of sp³-hybridized carbons (Fsp3) is 0.538. The molecule has 0 aromatic carbocycles. The van der Waals surface area contributed by atoms with E-state index >= 15 is 0 Å². The van der Waals surface area contributed by atoms with Crippen LogP contribution in [0.15, 0.2) is 6.07 Å². The lowest BCUT2D eigenvalue weighted by Crippen LogP contribution is -2.19. The Morgan fingerprint density at radius 2 is 2.11 bits per heavy atom. The van der Waals surface area contributed by atoms with Crippen LogP contribution in [-0.4, -0.2) is 43.4 Å². The minimum atomic E-state index is 0.354. The molecule has 0 aliphatic rings. The van der Waals surface area contributed by atoms with Crippen molar-refractivity contribution in [3.05, 3.63) is 22.9 Å². The highest BCUT2D eigenvalue weighted by Gasteiger charge is 2.10. The molecule has 0 bridgehead atoms. The first-order chi connectivity index (χ1) is 9.06. The summed E-state index contributed by atoms with van der Waals surface area (Å²) in [7, 11) is 1.65. The van der Waals surface area contributed by atoms with E-state index in [2.05, 4.69) is 10.3 Å². The Morgan fingerprint density at radius 1 is 1.37 bits per heavy atom. The van der Waals surface area contributed by atoms with Crippen molar-refractivity contribution in [2.75, 3.05) is 38.8 Å². The molecule has 6 heteroatoms. The molecule has 1 aromatic heterocycles. The molecule has 0 atom stereocenters. The SMILES string of the molecule is COCCOCCNc1nc(C)cc(C)c1C(N)=S. The lowest BCUT2D eigenvalue weighted by molar-refractivity contribution is 0.0759. The molecule has 0 spiro atoms. The number of nitrogens with zero attached hydrogens (tertiary/aromatic N) is 1. The number of nitrogens with two attached hydrogens (primary N) is 1. The molecule has 0 amide bonds. The zero-order valence-corrected chi connectivity index (χ0v) is 12.5. The van der Waals surface area contributed by atoms with Gasteiger partial charge in [0.2, 0.25) is 0 Å². The van der Waals surface area contributed by atoms with Gasteiger partial charge in [-0.3, -0.25) is 0 Å². The quantitative estimate of drug-likeness (QED) is 0.555. The van der Waals surface area contributed by atoms with Gasteiger partial charge >= 0.3 is 0 Å². The van der Waals surface area contributed by atoms with Gasteiger partial charge in [-0.05, 0) is 25.5 Å². The molecule has 0 unspecified atom stereocenters. The minimum Gasteiger partial charge on any atom is -0.389 e. The standard InChI is InChI=1S/C13H21N3O2S/c1-9-8-10(2)16-13(11(9)12(14)19)15-4-5-18-7-6-17-3/h8H,4-7H2,1-3H3,(H2,14,19)(H,15,16). The molecule has 0 fully saturated rings. The van der Waals surface area contributed by atoms with E-state index in [1.165, 1.54) is 0 Å². The van der Waals surface area contributed by atoms with Crippen molar-refractivity contribution < 1.29 is 9.47 Å². The second-order valence-corrected chi connectivity index (χ2v) is 4.64. The van der Waals surface area contributed by atoms with Crippen molar-refractivity contribution >= 4 is 23.0 Å². The molecule has 0 aliphatic heterocycles. The average molecular weight is 283 g/mol. The Kier molecular flexibility index (Phi) is 6.69. The number of aromatic nitrogens is 1. The third-order valence-corrected chi connectivity index (χ3v) is 2.77. The van der Waals surface area contributed by atoms with Crippen molar-refractivity contribution in [3.63, 3.8) is 0 Å². The van der Waals surface area contributed by atoms with Crippen LogP contribution in [0.4, 0.5) is 5.82 Å². The topological polar surface area (TPSA) is 69.4 Å². The highest BCUT2D eigenvalue weighted by atomic mass is 32.1. The van der Waals surface area contributed by atoms with E-state index in [0.29, 0.717) is 31.4 Å². The summed E-state index contributed by atoms with van der Waals surface area (Å²) in [6.07, 6.45) is 0. The monoisotopic (exact) mass is 283 g/mol. The number of thiocarbonyl (C=S) groups is 1. The van der Waals surface area contributed by atoms with Crippen LogP contribution in [0.25, 0.3) is 0 Å². The highest BCUT2D eigenvalue weighted by molar-refractivity contribution is 7.80. The fourth-order valence-corrected chi connectivity index (χ4v) is 2.02. The Bertz CT molecular complexity index is 438. The minimum absolute atomic E-state index is 0.354. The van der Waals surface area contributed by atoms with Crippen LogP contribution in [0, 0.1) is 13.8 Å². The van der Waals surface area contributed by atoms with Gasteiger partial charge in [-0.15, -0.1) is 0 Å². The lowest BCUT2D eigenvalue weighted by Gasteiger charge is -2.13. The van der Waals surface area contributed by atoms with E-state index in [1.54, 1.807) is 7.11 Å². The van der Waals surface area contributed by atoms with E-state index in [1.807, 2.05) is 19.9 Å². The Hall–Kier alpha value is -1.24. The van der Waals surface area contributed by atoms with Gasteiger partial charge in [0.1, 0.15) is 10.8 Å². The van der Waals surface area contributed by atoms with Crippen molar-refractivity contribution in [2.45, 2.75) is 13.8 Å². The van der Waals surface area contributed by atoms with Gasteiger partial charge in [-0.1, -0.05) is 12.2 Å². The summed E-state index contributed by atoms with van der Waals surface area (Å²) in [5, 5.41) is 3.21. The molecule has 0 saturated heterocycles. The summed E-state index contributed by atoms with van der Waals surface area (Å²) in [5.41, 5.74) is 8.50. The van der Waals surface area contributed by atoms with Crippen molar-refractivity contribution in [1.82, 2.24) is 4.98 Å². The van der Waals surface area contributed by atoms with E-state index in [0.717, 1.165) is 22.6 Å². The first kappa shape index (κ1) is 15.8. The predicted molar refractivity (Wildman–Crippen MR) is 80.8 cm³/mol. The molecule has 5 nitrogen and oxygen atoms in total. The molecule has 0 aliphatic carbocycles. The van der Waals surface area contributed by atoms with Gasteiger partial charge in [-0.2, -0.15) is 0 Å². The Balaban J connectivity index is 2.59. The van der Waals surface area contributed by atoms with Crippen LogP contribution >= 0.6 is 12.2 Å². The summed E-state index contributed by atoms with van der Waals surface area (Å²) in [6.45, 7) is 6.32. The van der Waals surface area contributed by atoms with Crippen molar-refractivity contribution in [2.24, 2.45) is 5.73 Å². The van der Waals surface area contributed by atoms with Crippen molar-refractivity contribution in [1.29, 1.82) is 0 Å². The summed E-state index contributed by atoms with van der Waals surface area (Å²) in [4.78, 5) is 4.78. The van der Waals surface area contributed by atoms with Gasteiger partial charge in [0, 0.05) is 19.3 Å². The van der Waals surface area contributed by atoms with Gasteiger partial charge in [-0.25, -0.2) is 4.98 Å². The van der Waals surface area contributed by atoms with Crippen LogP contribution in [0.3, 0.4) is 0 Å². The van der Waals surface area contributed by atoms with Crippen LogP contribution in [0.5, 0.6) is 0 Å². The first-order valence-electron chi connectivity index (χ1n) is 6.15. The highest BCUT2D eigenvalue weighted by Crippen LogP contribution is 2.18. The van der Waals surface area contributed by atoms with Gasteiger partial charge in [0.05, 0.1) is 25.4 Å². The van der Waals surface area contributed by atoms with Crippen LogP contribution in [0.2, 0.25) is 0 Å². The average Bonchev–Trinajstić information content (AvgIpc) is 2.32. The molecule has 1 heterocycles. The van der Waals surface area contributed by atoms with Gasteiger partial charge < -0.3 is 20.5 Å². The van der Waals surface area contributed by atoms with E-state index < -0.39 is 0 Å². The third-order valence-electron chi connectivity index (χ3n) is 2.56. The first-order valence-corrected chi connectivity index (χ1v) is 6.55. The number of pyridine rings is 1. The number of methoxy groups -OCH3 is 1. The molecular weight excluding hydrogens is 262 g/mol. The molecule has 0 saturated carbocycles. The van der Waals surface area contributed by atoms with E-state index in [-0.39, 0.29) is 0 Å². The van der Waals surface area contributed by atoms with Crippen molar-refractivity contribution in [3.8, 4) is 0 Å². The summed E-state index contributed by atoms with van der Waals surface area (Å²) < 4.78 is 10.3. The summed E-state index contributed by atoms with van der Waals surface area (Å²) in [5.74, 6) is 0.723. The Morgan fingerprint density at radius 3 is 2.74 bits per heavy atom.